The number of hydrogen-bond donors (Lipinski definition) is 1. The second kappa shape index (κ2) is 8.84. The van der Waals surface area contributed by atoms with Gasteiger partial charge in [-0.3, -0.25) is 14.5 Å². The van der Waals surface area contributed by atoms with Gasteiger partial charge in [0, 0.05) is 18.7 Å². The Hall–Kier alpha value is -2.93. The van der Waals surface area contributed by atoms with Crippen molar-refractivity contribution in [1.29, 1.82) is 0 Å². The molecule has 0 fully saturated rings. The van der Waals surface area contributed by atoms with E-state index >= 15 is 0 Å². The molecule has 0 radical (unpaired) electrons. The van der Waals surface area contributed by atoms with Crippen LogP contribution in [0.2, 0.25) is 0 Å². The number of amides is 1. The van der Waals surface area contributed by atoms with Crippen molar-refractivity contribution in [2.24, 2.45) is 0 Å². The molecule has 7 heteroatoms. The van der Waals surface area contributed by atoms with Crippen LogP contribution in [0.4, 0.5) is 0 Å². The number of nitrogens with one attached hydrogen (secondary N) is 1. The zero-order valence-electron chi connectivity index (χ0n) is 16.3. The Bertz CT molecular complexity index is 1010. The SMILES string of the molecule is CCN(Cc1ccccc1C)C(=O)Cn1c(-c2ccc(OC)cc2)n[nH]c1=S. The molecule has 0 saturated carbocycles. The minimum absolute atomic E-state index is 0.00184. The highest BCUT2D eigenvalue weighted by Crippen LogP contribution is 2.21. The van der Waals surface area contributed by atoms with Crippen molar-refractivity contribution >= 4 is 18.1 Å². The van der Waals surface area contributed by atoms with Gasteiger partial charge in [-0.2, -0.15) is 5.10 Å². The van der Waals surface area contributed by atoms with Crippen LogP contribution in [0.25, 0.3) is 11.4 Å². The van der Waals surface area contributed by atoms with Crippen LogP contribution in [-0.4, -0.2) is 39.2 Å². The van der Waals surface area contributed by atoms with E-state index in [2.05, 4.69) is 29.3 Å². The summed E-state index contributed by atoms with van der Waals surface area (Å²) in [6.45, 7) is 5.37. The van der Waals surface area contributed by atoms with Crippen LogP contribution < -0.4 is 4.74 Å². The Kier molecular flexibility index (Phi) is 6.26. The maximum Gasteiger partial charge on any atom is 0.242 e. The summed E-state index contributed by atoms with van der Waals surface area (Å²) in [6.07, 6.45) is 0. The number of methoxy groups -OCH3 is 1. The lowest BCUT2D eigenvalue weighted by molar-refractivity contribution is -0.132. The van der Waals surface area contributed by atoms with Crippen molar-refractivity contribution in [2.75, 3.05) is 13.7 Å². The van der Waals surface area contributed by atoms with Crippen molar-refractivity contribution in [1.82, 2.24) is 19.7 Å². The average Bonchev–Trinajstić information content (AvgIpc) is 3.07. The quantitative estimate of drug-likeness (QED) is 0.614. The predicted octanol–water partition coefficient (Wildman–Crippen LogP) is 3.97. The molecular formula is C21H24N4O2S. The number of rotatable bonds is 7. The van der Waals surface area contributed by atoms with Crippen molar-refractivity contribution < 1.29 is 9.53 Å². The van der Waals surface area contributed by atoms with Gasteiger partial charge in [0.25, 0.3) is 0 Å². The molecule has 0 aliphatic rings. The van der Waals surface area contributed by atoms with E-state index in [0.29, 0.717) is 23.7 Å². The molecular weight excluding hydrogens is 372 g/mol. The van der Waals surface area contributed by atoms with Crippen molar-refractivity contribution in [3.05, 3.63) is 64.4 Å². The molecule has 2 aromatic carbocycles. The van der Waals surface area contributed by atoms with Crippen LogP contribution in [0.15, 0.2) is 48.5 Å². The Morgan fingerprint density at radius 1 is 1.21 bits per heavy atom. The molecule has 28 heavy (non-hydrogen) atoms. The number of likely N-dealkylation sites (N-methyl/N-ethyl adjacent to an activating group) is 1. The van der Waals surface area contributed by atoms with Gasteiger partial charge >= 0.3 is 0 Å². The molecule has 0 saturated heterocycles. The third-order valence-corrected chi connectivity index (χ3v) is 5.07. The number of H-pyrrole nitrogens is 1. The summed E-state index contributed by atoms with van der Waals surface area (Å²) in [5, 5.41) is 7.11. The molecule has 0 aliphatic carbocycles. The third-order valence-electron chi connectivity index (χ3n) is 4.76. The Balaban J connectivity index is 1.82. The summed E-state index contributed by atoms with van der Waals surface area (Å²) in [6, 6.07) is 15.6. The number of aromatic nitrogens is 3. The lowest BCUT2D eigenvalue weighted by atomic mass is 10.1. The molecule has 0 unspecified atom stereocenters. The molecule has 1 amide bonds. The average molecular weight is 397 g/mol. The molecule has 3 rings (SSSR count). The van der Waals surface area contributed by atoms with Crippen LogP contribution in [0.1, 0.15) is 18.1 Å². The number of aryl methyl sites for hydroxylation is 1. The number of aromatic amines is 1. The van der Waals surface area contributed by atoms with Gasteiger partial charge < -0.3 is 9.64 Å². The number of carbonyl (C=O) groups is 1. The first-order valence-electron chi connectivity index (χ1n) is 9.15. The van der Waals surface area contributed by atoms with E-state index in [-0.39, 0.29) is 12.5 Å². The van der Waals surface area contributed by atoms with Crippen LogP contribution in [0, 0.1) is 11.7 Å². The van der Waals surface area contributed by atoms with Crippen LogP contribution in [0.3, 0.4) is 0 Å². The first-order valence-corrected chi connectivity index (χ1v) is 9.56. The minimum atomic E-state index is -0.00184. The van der Waals surface area contributed by atoms with Gasteiger partial charge in [-0.25, -0.2) is 0 Å². The van der Waals surface area contributed by atoms with Gasteiger partial charge in [-0.05, 0) is 61.5 Å². The maximum absolute atomic E-state index is 13.0. The van der Waals surface area contributed by atoms with Crippen molar-refractivity contribution in [3.63, 3.8) is 0 Å². The fraction of sp³-hybridized carbons (Fsp3) is 0.286. The van der Waals surface area contributed by atoms with E-state index in [0.717, 1.165) is 16.9 Å². The van der Waals surface area contributed by atoms with Crippen LogP contribution >= 0.6 is 12.2 Å². The summed E-state index contributed by atoms with van der Waals surface area (Å²) in [4.78, 5) is 14.8. The fourth-order valence-corrected chi connectivity index (χ4v) is 3.23. The number of benzene rings is 2. The van der Waals surface area contributed by atoms with Gasteiger partial charge in [0.1, 0.15) is 12.3 Å². The standard InChI is InChI=1S/C21H24N4O2S/c1-4-24(13-17-8-6-5-7-15(17)2)19(26)14-25-20(22-23-21(25)28)16-9-11-18(27-3)12-10-16/h5-12H,4,13-14H2,1-3H3,(H,23,28). The first kappa shape index (κ1) is 19.8. The highest BCUT2D eigenvalue weighted by Gasteiger charge is 2.17. The number of carbonyl (C=O) groups excluding carboxylic acids is 1. The summed E-state index contributed by atoms with van der Waals surface area (Å²) in [5.41, 5.74) is 3.18. The molecule has 1 N–H and O–H groups in total. The van der Waals surface area contributed by atoms with Crippen LogP contribution in [0.5, 0.6) is 5.75 Å². The van der Waals surface area contributed by atoms with Gasteiger partial charge in [0.05, 0.1) is 7.11 Å². The Morgan fingerprint density at radius 2 is 1.93 bits per heavy atom. The predicted molar refractivity (Wildman–Crippen MR) is 112 cm³/mol. The normalized spacial score (nSPS) is 10.7. The van der Waals surface area contributed by atoms with E-state index in [1.54, 1.807) is 11.7 Å². The zero-order valence-corrected chi connectivity index (χ0v) is 17.1. The number of nitrogens with zero attached hydrogens (tertiary/aromatic N) is 3. The minimum Gasteiger partial charge on any atom is -0.497 e. The molecule has 1 heterocycles. The Morgan fingerprint density at radius 3 is 2.57 bits per heavy atom. The number of hydrogen-bond acceptors (Lipinski definition) is 4. The molecule has 6 nitrogen and oxygen atoms in total. The maximum atomic E-state index is 13.0. The van der Waals surface area contributed by atoms with Gasteiger partial charge in [0.15, 0.2) is 10.6 Å². The molecule has 0 spiro atoms. The van der Waals surface area contributed by atoms with Crippen molar-refractivity contribution in [3.8, 4) is 17.1 Å². The lowest BCUT2D eigenvalue weighted by Gasteiger charge is -2.22. The third kappa shape index (κ3) is 4.31. The smallest absolute Gasteiger partial charge is 0.242 e. The Labute approximate surface area is 169 Å². The second-order valence-corrected chi connectivity index (χ2v) is 6.89. The van der Waals surface area contributed by atoms with Gasteiger partial charge in [-0.15, -0.1) is 0 Å². The van der Waals surface area contributed by atoms with E-state index in [9.17, 15) is 4.79 Å². The first-order chi connectivity index (χ1) is 13.5. The molecule has 146 valence electrons. The lowest BCUT2D eigenvalue weighted by Crippen LogP contribution is -2.33. The summed E-state index contributed by atoms with van der Waals surface area (Å²) in [5.74, 6) is 1.39. The van der Waals surface area contributed by atoms with Crippen molar-refractivity contribution in [2.45, 2.75) is 26.9 Å². The second-order valence-electron chi connectivity index (χ2n) is 6.50. The summed E-state index contributed by atoms with van der Waals surface area (Å²) >= 11 is 5.36. The largest absolute Gasteiger partial charge is 0.497 e. The summed E-state index contributed by atoms with van der Waals surface area (Å²) < 4.78 is 7.36. The van der Waals surface area contributed by atoms with Crippen LogP contribution in [-0.2, 0) is 17.9 Å². The molecule has 1 aromatic heterocycles. The number of ether oxygens (including phenoxy) is 1. The molecule has 0 bridgehead atoms. The molecule has 0 aliphatic heterocycles. The van der Waals surface area contributed by atoms with Gasteiger partial charge in [-0.1, -0.05) is 24.3 Å². The molecule has 0 atom stereocenters. The van der Waals surface area contributed by atoms with E-state index in [1.165, 1.54) is 5.56 Å². The molecule has 3 aromatic rings. The van der Waals surface area contributed by atoms with E-state index in [4.69, 9.17) is 17.0 Å². The highest BCUT2D eigenvalue weighted by molar-refractivity contribution is 7.71. The highest BCUT2D eigenvalue weighted by atomic mass is 32.1. The van der Waals surface area contributed by atoms with Gasteiger partial charge in [0.2, 0.25) is 5.91 Å². The van der Waals surface area contributed by atoms with E-state index in [1.807, 2.05) is 48.2 Å². The fourth-order valence-electron chi connectivity index (χ4n) is 3.03. The topological polar surface area (TPSA) is 63.1 Å². The monoisotopic (exact) mass is 396 g/mol. The zero-order chi connectivity index (χ0) is 20.1. The van der Waals surface area contributed by atoms with E-state index < -0.39 is 0 Å². The summed E-state index contributed by atoms with van der Waals surface area (Å²) in [7, 11) is 1.62.